The lowest BCUT2D eigenvalue weighted by molar-refractivity contribution is -0.139. The van der Waals surface area contributed by atoms with Crippen molar-refractivity contribution in [3.63, 3.8) is 0 Å². The second-order valence-electron chi connectivity index (χ2n) is 6.52. The second-order valence-corrected chi connectivity index (χ2v) is 8.27. The van der Waals surface area contributed by atoms with E-state index < -0.39 is 17.8 Å². The minimum Gasteiger partial charge on any atom is -0.463 e. The number of ether oxygens (including phenoxy) is 1. The molecule has 2 aliphatic heterocycles. The van der Waals surface area contributed by atoms with Crippen molar-refractivity contribution in [3.05, 3.63) is 61.9 Å². The molecule has 0 saturated carbocycles. The minimum absolute atomic E-state index is 0.126. The molecule has 150 valence electrons. The van der Waals surface area contributed by atoms with Gasteiger partial charge in [0.15, 0.2) is 10.8 Å². The van der Waals surface area contributed by atoms with Crippen LogP contribution in [0.5, 0.6) is 0 Å². The maximum absolute atomic E-state index is 13.7. The molecule has 4 rings (SSSR count). The molecule has 0 unspecified atom stereocenters. The van der Waals surface area contributed by atoms with Gasteiger partial charge in [-0.1, -0.05) is 22.0 Å². The summed E-state index contributed by atoms with van der Waals surface area (Å²) < 4.78 is 19.5. The van der Waals surface area contributed by atoms with Crippen molar-refractivity contribution in [1.29, 1.82) is 0 Å². The molecular formula is C20H17BrFN3O3S. The van der Waals surface area contributed by atoms with Crippen LogP contribution < -0.4 is 0 Å². The lowest BCUT2D eigenvalue weighted by Crippen LogP contribution is -2.44. The summed E-state index contributed by atoms with van der Waals surface area (Å²) in [5.41, 5.74) is 1.52. The molecule has 9 heteroatoms. The number of carbonyl (C=O) groups excluding carboxylic acids is 2. The number of allylic oxidation sites excluding steroid dienone is 1. The van der Waals surface area contributed by atoms with E-state index >= 15 is 0 Å². The summed E-state index contributed by atoms with van der Waals surface area (Å²) in [7, 11) is 0. The third kappa shape index (κ3) is 3.64. The van der Waals surface area contributed by atoms with Crippen molar-refractivity contribution >= 4 is 45.0 Å². The minimum atomic E-state index is -0.736. The number of esters is 1. The zero-order valence-corrected chi connectivity index (χ0v) is 17.9. The Bertz CT molecular complexity index is 1040. The Balaban J connectivity index is 1.95. The molecule has 1 atom stereocenters. The molecule has 1 saturated heterocycles. The molecule has 2 aromatic rings. The average molecular weight is 478 g/mol. The maximum Gasteiger partial charge on any atom is 0.338 e. The van der Waals surface area contributed by atoms with Gasteiger partial charge in [-0.15, -0.1) is 11.3 Å². The van der Waals surface area contributed by atoms with Gasteiger partial charge in [0.25, 0.3) is 0 Å². The number of aliphatic imine (C=N–C) groups is 1. The van der Waals surface area contributed by atoms with Crippen LogP contribution in [0.2, 0.25) is 0 Å². The summed E-state index contributed by atoms with van der Waals surface area (Å²) in [6, 6.07) is 3.51. The van der Waals surface area contributed by atoms with Gasteiger partial charge in [0.2, 0.25) is 5.91 Å². The monoisotopic (exact) mass is 477 g/mol. The van der Waals surface area contributed by atoms with Gasteiger partial charge in [0.05, 0.1) is 12.2 Å². The topological polar surface area (TPSA) is 71.9 Å². The summed E-state index contributed by atoms with van der Waals surface area (Å²) in [5.74, 6) is -0.640. The number of fused-ring (bicyclic) bond motifs is 1. The number of benzene rings is 1. The highest BCUT2D eigenvalue weighted by Crippen LogP contribution is 2.42. The van der Waals surface area contributed by atoms with E-state index in [1.807, 2.05) is 0 Å². The average Bonchev–Trinajstić information content (AvgIpc) is 3.22. The molecule has 29 heavy (non-hydrogen) atoms. The van der Waals surface area contributed by atoms with E-state index in [0.29, 0.717) is 51.4 Å². The predicted molar refractivity (Wildman–Crippen MR) is 110 cm³/mol. The van der Waals surface area contributed by atoms with E-state index in [9.17, 15) is 14.0 Å². The molecule has 2 aliphatic rings. The van der Waals surface area contributed by atoms with Crippen molar-refractivity contribution in [2.24, 2.45) is 4.99 Å². The van der Waals surface area contributed by atoms with Gasteiger partial charge < -0.3 is 4.74 Å². The Kier molecular flexibility index (Phi) is 5.60. The summed E-state index contributed by atoms with van der Waals surface area (Å²) >= 11 is 4.75. The summed E-state index contributed by atoms with van der Waals surface area (Å²) in [5, 5.41) is 2.39. The number of hydrogen-bond donors (Lipinski definition) is 0. The summed E-state index contributed by atoms with van der Waals surface area (Å²) in [4.78, 5) is 36.3. The lowest BCUT2D eigenvalue weighted by Gasteiger charge is -2.37. The standard InChI is InChI=1S/C20H17BrFN3O3S/c1-2-28-20(27)16-14-4-3-5-15(26)25(14)18(19-23-8-9-29-19)24-17(16)12-7-6-11(22)10-13(12)21/h6-10,17H,2-5H2,1H3/t17-/m0/s1. The number of halogens is 2. The molecule has 6 nitrogen and oxygen atoms in total. The van der Waals surface area contributed by atoms with E-state index in [-0.39, 0.29) is 12.5 Å². The molecule has 0 aliphatic carbocycles. The van der Waals surface area contributed by atoms with Gasteiger partial charge in [-0.25, -0.2) is 14.2 Å². The Hall–Kier alpha value is -2.39. The molecule has 0 spiro atoms. The number of rotatable bonds is 4. The highest BCUT2D eigenvalue weighted by Gasteiger charge is 2.41. The number of carbonyl (C=O) groups is 2. The molecule has 1 amide bonds. The van der Waals surface area contributed by atoms with Crippen molar-refractivity contribution in [1.82, 2.24) is 9.88 Å². The van der Waals surface area contributed by atoms with Crippen LogP contribution in [0.25, 0.3) is 0 Å². The van der Waals surface area contributed by atoms with Crippen molar-refractivity contribution in [2.45, 2.75) is 32.2 Å². The fourth-order valence-corrected chi connectivity index (χ4v) is 4.75. The lowest BCUT2D eigenvalue weighted by atomic mass is 9.91. The molecule has 1 aromatic carbocycles. The van der Waals surface area contributed by atoms with E-state index in [0.717, 1.165) is 0 Å². The van der Waals surface area contributed by atoms with E-state index in [1.165, 1.54) is 28.4 Å². The van der Waals surface area contributed by atoms with Crippen LogP contribution in [0.15, 0.2) is 50.5 Å². The smallest absolute Gasteiger partial charge is 0.338 e. The molecule has 3 heterocycles. The molecule has 1 fully saturated rings. The fourth-order valence-electron chi connectivity index (χ4n) is 3.56. The van der Waals surface area contributed by atoms with E-state index in [1.54, 1.807) is 24.6 Å². The van der Waals surface area contributed by atoms with Gasteiger partial charge in [-0.05, 0) is 37.5 Å². The van der Waals surface area contributed by atoms with Crippen LogP contribution in [0, 0.1) is 5.82 Å². The molecular weight excluding hydrogens is 461 g/mol. The first-order valence-corrected chi connectivity index (χ1v) is 10.8. The number of piperidine rings is 1. The number of hydrogen-bond acceptors (Lipinski definition) is 6. The van der Waals surface area contributed by atoms with Gasteiger partial charge in [-0.2, -0.15) is 0 Å². The molecule has 1 aromatic heterocycles. The second kappa shape index (κ2) is 8.16. The Labute approximate surface area is 179 Å². The van der Waals surface area contributed by atoms with Crippen LogP contribution in [0.3, 0.4) is 0 Å². The molecule has 0 N–H and O–H groups in total. The van der Waals surface area contributed by atoms with Gasteiger partial charge in [0, 0.05) is 28.2 Å². The first-order chi connectivity index (χ1) is 14.0. The van der Waals surface area contributed by atoms with E-state index in [4.69, 9.17) is 9.73 Å². The highest BCUT2D eigenvalue weighted by molar-refractivity contribution is 9.10. The third-order valence-corrected chi connectivity index (χ3v) is 6.20. The fraction of sp³-hybridized carbons (Fsp3) is 0.300. The van der Waals surface area contributed by atoms with Crippen LogP contribution >= 0.6 is 27.3 Å². The third-order valence-electron chi connectivity index (χ3n) is 4.75. The maximum atomic E-state index is 13.7. The Morgan fingerprint density at radius 1 is 1.41 bits per heavy atom. The zero-order valence-electron chi connectivity index (χ0n) is 15.5. The first kappa shape index (κ1) is 19.9. The van der Waals surface area contributed by atoms with Gasteiger partial charge in [0.1, 0.15) is 11.9 Å². The number of nitrogens with zero attached hydrogens (tertiary/aromatic N) is 3. The predicted octanol–water partition coefficient (Wildman–Crippen LogP) is 4.38. The van der Waals surface area contributed by atoms with E-state index in [2.05, 4.69) is 20.9 Å². The number of thiazole rings is 1. The number of amides is 1. The Morgan fingerprint density at radius 3 is 2.93 bits per heavy atom. The zero-order chi connectivity index (χ0) is 20.5. The quantitative estimate of drug-likeness (QED) is 0.612. The Morgan fingerprint density at radius 2 is 2.24 bits per heavy atom. The SMILES string of the molecule is CCOC(=O)C1=C2CCCC(=O)N2C(c2nccs2)=N[C@H]1c1ccc(F)cc1Br. The van der Waals surface area contributed by atoms with Crippen LogP contribution in [-0.4, -0.2) is 34.2 Å². The normalized spacial score (nSPS) is 19.1. The highest BCUT2D eigenvalue weighted by atomic mass is 79.9. The van der Waals surface area contributed by atoms with Crippen molar-refractivity contribution in [2.75, 3.05) is 6.61 Å². The molecule has 0 radical (unpaired) electrons. The van der Waals surface area contributed by atoms with Crippen LogP contribution in [0.1, 0.15) is 42.8 Å². The molecule has 0 bridgehead atoms. The van der Waals surface area contributed by atoms with Gasteiger partial charge in [-0.3, -0.25) is 14.7 Å². The number of amidine groups is 1. The van der Waals surface area contributed by atoms with Crippen molar-refractivity contribution in [3.8, 4) is 0 Å². The first-order valence-electron chi connectivity index (χ1n) is 9.17. The van der Waals surface area contributed by atoms with Crippen LogP contribution in [0.4, 0.5) is 4.39 Å². The van der Waals surface area contributed by atoms with Gasteiger partial charge >= 0.3 is 5.97 Å². The summed E-state index contributed by atoms with van der Waals surface area (Å²) in [6.45, 7) is 1.92. The van der Waals surface area contributed by atoms with Crippen LogP contribution in [-0.2, 0) is 14.3 Å². The summed E-state index contributed by atoms with van der Waals surface area (Å²) in [6.07, 6.45) is 3.19. The van der Waals surface area contributed by atoms with Crippen molar-refractivity contribution < 1.29 is 18.7 Å². The number of aromatic nitrogens is 1. The largest absolute Gasteiger partial charge is 0.463 e.